The SMILES string of the molecule is COc1ccc(Cl)cc1-c1nc(C(=O)N2CCCC3CCCCC32)cs1. The Labute approximate surface area is 163 Å². The molecule has 2 unspecified atom stereocenters. The number of hydrogen-bond donors (Lipinski definition) is 0. The molecule has 0 bridgehead atoms. The zero-order valence-electron chi connectivity index (χ0n) is 14.9. The monoisotopic (exact) mass is 390 g/mol. The summed E-state index contributed by atoms with van der Waals surface area (Å²) < 4.78 is 5.42. The largest absolute Gasteiger partial charge is 0.496 e. The van der Waals surface area contributed by atoms with Gasteiger partial charge in [-0.2, -0.15) is 0 Å². The van der Waals surface area contributed by atoms with Gasteiger partial charge in [0.1, 0.15) is 16.5 Å². The highest BCUT2D eigenvalue weighted by Gasteiger charge is 2.36. The van der Waals surface area contributed by atoms with Gasteiger partial charge in [0, 0.05) is 23.0 Å². The second-order valence-corrected chi connectivity index (χ2v) is 8.43. The summed E-state index contributed by atoms with van der Waals surface area (Å²) >= 11 is 7.60. The van der Waals surface area contributed by atoms with Gasteiger partial charge in [-0.25, -0.2) is 4.98 Å². The number of halogens is 1. The maximum Gasteiger partial charge on any atom is 0.273 e. The van der Waals surface area contributed by atoms with Gasteiger partial charge in [-0.3, -0.25) is 4.79 Å². The van der Waals surface area contributed by atoms with E-state index in [-0.39, 0.29) is 5.91 Å². The molecule has 1 amide bonds. The molecule has 0 N–H and O–H groups in total. The van der Waals surface area contributed by atoms with Crippen molar-refractivity contribution in [3.8, 4) is 16.3 Å². The Kier molecular flexibility index (Phi) is 5.18. The molecule has 0 radical (unpaired) electrons. The van der Waals surface area contributed by atoms with Crippen molar-refractivity contribution >= 4 is 28.8 Å². The van der Waals surface area contributed by atoms with E-state index in [4.69, 9.17) is 16.3 Å². The Hall–Kier alpha value is -1.59. The molecule has 2 atom stereocenters. The maximum atomic E-state index is 13.1. The fourth-order valence-electron chi connectivity index (χ4n) is 4.37. The molecule has 6 heteroatoms. The van der Waals surface area contributed by atoms with Crippen LogP contribution in [0.4, 0.5) is 0 Å². The summed E-state index contributed by atoms with van der Waals surface area (Å²) in [6.45, 7) is 0.855. The minimum atomic E-state index is 0.0742. The molecule has 2 aromatic rings. The second kappa shape index (κ2) is 7.57. The van der Waals surface area contributed by atoms with E-state index in [1.807, 2.05) is 17.5 Å². The van der Waals surface area contributed by atoms with Crippen LogP contribution in [0.5, 0.6) is 5.75 Å². The van der Waals surface area contributed by atoms with Crippen molar-refractivity contribution in [1.29, 1.82) is 0 Å². The molecule has 0 spiro atoms. The Bertz CT molecular complexity index is 805. The van der Waals surface area contributed by atoms with Crippen LogP contribution in [0.3, 0.4) is 0 Å². The molecule has 138 valence electrons. The Morgan fingerprint density at radius 2 is 2.08 bits per heavy atom. The third kappa shape index (κ3) is 3.35. The molecule has 2 aliphatic rings. The van der Waals surface area contributed by atoms with Gasteiger partial charge in [-0.15, -0.1) is 11.3 Å². The van der Waals surface area contributed by atoms with Gasteiger partial charge in [0.05, 0.1) is 12.7 Å². The van der Waals surface area contributed by atoms with E-state index in [0.29, 0.717) is 28.4 Å². The topological polar surface area (TPSA) is 42.4 Å². The third-order valence-corrected chi connectivity index (χ3v) is 6.73. The molecule has 1 aliphatic carbocycles. The summed E-state index contributed by atoms with van der Waals surface area (Å²) in [5, 5.41) is 3.26. The van der Waals surface area contributed by atoms with Crippen molar-refractivity contribution in [2.24, 2.45) is 5.92 Å². The van der Waals surface area contributed by atoms with E-state index in [9.17, 15) is 4.79 Å². The van der Waals surface area contributed by atoms with Gasteiger partial charge in [-0.05, 0) is 49.8 Å². The number of piperidine rings is 1. The van der Waals surface area contributed by atoms with Gasteiger partial charge in [0.15, 0.2) is 0 Å². The summed E-state index contributed by atoms with van der Waals surface area (Å²) in [7, 11) is 1.63. The van der Waals surface area contributed by atoms with Crippen molar-refractivity contribution in [1.82, 2.24) is 9.88 Å². The molecule has 1 saturated heterocycles. The first-order chi connectivity index (χ1) is 12.7. The van der Waals surface area contributed by atoms with Crippen molar-refractivity contribution in [3.05, 3.63) is 34.3 Å². The molecule has 1 aliphatic heterocycles. The predicted octanol–water partition coefficient (Wildman–Crippen LogP) is 5.27. The Morgan fingerprint density at radius 1 is 1.27 bits per heavy atom. The highest BCUT2D eigenvalue weighted by atomic mass is 35.5. The number of fused-ring (bicyclic) bond motifs is 1. The first-order valence-electron chi connectivity index (χ1n) is 9.28. The number of benzene rings is 1. The molecule has 2 fully saturated rings. The molecule has 4 rings (SSSR count). The number of likely N-dealkylation sites (tertiary alicyclic amines) is 1. The maximum absolute atomic E-state index is 13.1. The van der Waals surface area contributed by atoms with E-state index in [0.717, 1.165) is 30.0 Å². The molecule has 4 nitrogen and oxygen atoms in total. The summed E-state index contributed by atoms with van der Waals surface area (Å²) in [6.07, 6.45) is 7.29. The number of methoxy groups -OCH3 is 1. The van der Waals surface area contributed by atoms with Crippen LogP contribution in [0.25, 0.3) is 10.6 Å². The van der Waals surface area contributed by atoms with E-state index in [1.165, 1.54) is 37.0 Å². The van der Waals surface area contributed by atoms with Crippen LogP contribution >= 0.6 is 22.9 Å². The Balaban J connectivity index is 1.60. The van der Waals surface area contributed by atoms with E-state index in [1.54, 1.807) is 13.2 Å². The van der Waals surface area contributed by atoms with Crippen molar-refractivity contribution in [2.45, 2.75) is 44.6 Å². The number of rotatable bonds is 3. The van der Waals surface area contributed by atoms with Crippen LogP contribution in [0.15, 0.2) is 23.6 Å². The minimum absolute atomic E-state index is 0.0742. The van der Waals surface area contributed by atoms with Crippen LogP contribution in [-0.4, -0.2) is 35.5 Å². The van der Waals surface area contributed by atoms with Gasteiger partial charge in [0.25, 0.3) is 5.91 Å². The van der Waals surface area contributed by atoms with Crippen LogP contribution in [0.2, 0.25) is 5.02 Å². The lowest BCUT2D eigenvalue weighted by Gasteiger charge is -2.43. The van der Waals surface area contributed by atoms with Crippen LogP contribution in [0, 0.1) is 5.92 Å². The number of carbonyl (C=O) groups is 1. The number of carbonyl (C=O) groups excluding carboxylic acids is 1. The van der Waals surface area contributed by atoms with Crippen molar-refractivity contribution in [2.75, 3.05) is 13.7 Å². The van der Waals surface area contributed by atoms with Gasteiger partial charge < -0.3 is 9.64 Å². The zero-order chi connectivity index (χ0) is 18.1. The summed E-state index contributed by atoms with van der Waals surface area (Å²) in [4.78, 5) is 19.8. The average Bonchev–Trinajstić information content (AvgIpc) is 3.17. The number of aromatic nitrogens is 1. The van der Waals surface area contributed by atoms with Gasteiger partial charge in [-0.1, -0.05) is 24.4 Å². The lowest BCUT2D eigenvalue weighted by Crippen LogP contribution is -2.49. The van der Waals surface area contributed by atoms with Crippen LogP contribution < -0.4 is 4.74 Å². The fraction of sp³-hybridized carbons (Fsp3) is 0.500. The summed E-state index contributed by atoms with van der Waals surface area (Å²) in [5.41, 5.74) is 1.37. The van der Waals surface area contributed by atoms with Crippen LogP contribution in [0.1, 0.15) is 49.0 Å². The van der Waals surface area contributed by atoms with Crippen molar-refractivity contribution in [3.63, 3.8) is 0 Å². The second-order valence-electron chi connectivity index (χ2n) is 7.14. The first-order valence-corrected chi connectivity index (χ1v) is 10.5. The normalized spacial score (nSPS) is 22.8. The predicted molar refractivity (Wildman–Crippen MR) is 105 cm³/mol. The van der Waals surface area contributed by atoms with Gasteiger partial charge in [0.2, 0.25) is 0 Å². The number of hydrogen-bond acceptors (Lipinski definition) is 4. The lowest BCUT2D eigenvalue weighted by molar-refractivity contribution is 0.0386. The molecule has 26 heavy (non-hydrogen) atoms. The molecule has 2 heterocycles. The minimum Gasteiger partial charge on any atom is -0.496 e. The summed E-state index contributed by atoms with van der Waals surface area (Å²) in [5.74, 6) is 1.46. The smallest absolute Gasteiger partial charge is 0.273 e. The van der Waals surface area contributed by atoms with E-state index >= 15 is 0 Å². The third-order valence-electron chi connectivity index (χ3n) is 5.62. The zero-order valence-corrected chi connectivity index (χ0v) is 16.5. The lowest BCUT2D eigenvalue weighted by atomic mass is 9.78. The number of amides is 1. The fourth-order valence-corrected chi connectivity index (χ4v) is 5.35. The quantitative estimate of drug-likeness (QED) is 0.717. The molecular formula is C20H23ClN2O2S. The number of thiazole rings is 1. The first kappa shape index (κ1) is 17.8. The average molecular weight is 391 g/mol. The molecule has 1 aromatic carbocycles. The van der Waals surface area contributed by atoms with Crippen LogP contribution in [-0.2, 0) is 0 Å². The summed E-state index contributed by atoms with van der Waals surface area (Å²) in [6, 6.07) is 5.86. The molecular weight excluding hydrogens is 368 g/mol. The highest BCUT2D eigenvalue weighted by molar-refractivity contribution is 7.13. The van der Waals surface area contributed by atoms with Crippen molar-refractivity contribution < 1.29 is 9.53 Å². The molecule has 1 aromatic heterocycles. The standard InChI is InChI=1S/C20H23ClN2O2S/c1-25-18-9-8-14(21)11-15(18)19-22-16(12-26-19)20(24)23-10-4-6-13-5-2-3-7-17(13)23/h8-9,11-13,17H,2-7,10H2,1H3. The molecule has 1 saturated carbocycles. The van der Waals surface area contributed by atoms with Gasteiger partial charge >= 0.3 is 0 Å². The Morgan fingerprint density at radius 3 is 2.92 bits per heavy atom. The van der Waals surface area contributed by atoms with E-state index in [2.05, 4.69) is 9.88 Å². The number of ether oxygens (including phenoxy) is 1. The van der Waals surface area contributed by atoms with E-state index < -0.39 is 0 Å². The number of nitrogens with zero attached hydrogens (tertiary/aromatic N) is 2. The highest BCUT2D eigenvalue weighted by Crippen LogP contribution is 2.37.